The van der Waals surface area contributed by atoms with Gasteiger partial charge in [-0.3, -0.25) is 0 Å². The molecule has 4 rings (SSSR count). The van der Waals surface area contributed by atoms with E-state index in [1.165, 1.54) is 16.8 Å². The number of aromatic nitrogens is 2. The Labute approximate surface area is 131 Å². The molecule has 1 heterocycles. The van der Waals surface area contributed by atoms with E-state index in [4.69, 9.17) is 0 Å². The van der Waals surface area contributed by atoms with Crippen LogP contribution in [-0.4, -0.2) is 9.78 Å². The first-order chi connectivity index (χ1) is 11.2. The monoisotopic (exact) mass is 306 g/mol. The third kappa shape index (κ3) is 2.28. The van der Waals surface area contributed by atoms with Crippen LogP contribution in [-0.2, 0) is 0 Å². The molecule has 0 spiro atoms. The SMILES string of the molecule is Fc1ccc(-n2nc3ccccc3c2-c2ccccc2)c(F)c1. The Morgan fingerprint density at radius 3 is 2.30 bits per heavy atom. The minimum atomic E-state index is -0.644. The Bertz CT molecular complexity index is 991. The molecular formula is C19H12F2N2. The van der Waals surface area contributed by atoms with Crippen molar-refractivity contribution in [3.63, 3.8) is 0 Å². The third-order valence-corrected chi connectivity index (χ3v) is 3.76. The van der Waals surface area contributed by atoms with Gasteiger partial charge in [-0.25, -0.2) is 13.5 Å². The van der Waals surface area contributed by atoms with Gasteiger partial charge in [0.1, 0.15) is 11.5 Å². The zero-order valence-corrected chi connectivity index (χ0v) is 12.1. The van der Waals surface area contributed by atoms with Crippen LogP contribution in [0.5, 0.6) is 0 Å². The molecule has 0 radical (unpaired) electrons. The van der Waals surface area contributed by atoms with Crippen LogP contribution in [0, 0.1) is 11.6 Å². The van der Waals surface area contributed by atoms with Gasteiger partial charge in [-0.15, -0.1) is 0 Å². The van der Waals surface area contributed by atoms with Crippen LogP contribution in [0.2, 0.25) is 0 Å². The van der Waals surface area contributed by atoms with E-state index in [1.54, 1.807) is 0 Å². The normalized spacial score (nSPS) is 11.0. The molecule has 112 valence electrons. The fourth-order valence-electron chi connectivity index (χ4n) is 2.73. The van der Waals surface area contributed by atoms with Crippen LogP contribution in [0.3, 0.4) is 0 Å². The van der Waals surface area contributed by atoms with Gasteiger partial charge in [-0.2, -0.15) is 5.10 Å². The first kappa shape index (κ1) is 13.6. The molecule has 0 saturated carbocycles. The number of hydrogen-bond donors (Lipinski definition) is 0. The zero-order valence-electron chi connectivity index (χ0n) is 12.1. The van der Waals surface area contributed by atoms with Crippen LogP contribution in [0.25, 0.3) is 27.8 Å². The molecule has 3 aromatic carbocycles. The fourth-order valence-corrected chi connectivity index (χ4v) is 2.73. The smallest absolute Gasteiger partial charge is 0.151 e. The standard InChI is InChI=1S/C19H12F2N2/c20-14-10-11-18(16(21)12-14)23-19(13-6-2-1-3-7-13)15-8-4-5-9-17(15)22-23/h1-12H. The molecular weight excluding hydrogens is 294 g/mol. The lowest BCUT2D eigenvalue weighted by Crippen LogP contribution is -2.02. The van der Waals surface area contributed by atoms with E-state index >= 15 is 0 Å². The molecule has 23 heavy (non-hydrogen) atoms. The van der Waals surface area contributed by atoms with Gasteiger partial charge in [0, 0.05) is 17.0 Å². The van der Waals surface area contributed by atoms with Crippen molar-refractivity contribution >= 4 is 10.9 Å². The molecule has 4 aromatic rings. The summed E-state index contributed by atoms with van der Waals surface area (Å²) < 4.78 is 29.0. The summed E-state index contributed by atoms with van der Waals surface area (Å²) in [6.45, 7) is 0. The molecule has 0 aliphatic carbocycles. The van der Waals surface area contributed by atoms with Crippen LogP contribution in [0.15, 0.2) is 72.8 Å². The lowest BCUT2D eigenvalue weighted by Gasteiger charge is -2.09. The number of rotatable bonds is 2. The minimum absolute atomic E-state index is 0.224. The predicted molar refractivity (Wildman–Crippen MR) is 86.4 cm³/mol. The predicted octanol–water partition coefficient (Wildman–Crippen LogP) is 4.97. The molecule has 0 fully saturated rings. The van der Waals surface area contributed by atoms with Crippen molar-refractivity contribution in [3.8, 4) is 16.9 Å². The molecule has 0 unspecified atom stereocenters. The second-order valence-electron chi connectivity index (χ2n) is 5.24. The molecule has 2 nitrogen and oxygen atoms in total. The second-order valence-corrected chi connectivity index (χ2v) is 5.24. The van der Waals surface area contributed by atoms with E-state index < -0.39 is 11.6 Å². The van der Waals surface area contributed by atoms with Crippen LogP contribution in [0.1, 0.15) is 0 Å². The van der Waals surface area contributed by atoms with Gasteiger partial charge in [0.05, 0.1) is 11.2 Å². The topological polar surface area (TPSA) is 17.8 Å². The fraction of sp³-hybridized carbons (Fsp3) is 0. The zero-order chi connectivity index (χ0) is 15.8. The lowest BCUT2D eigenvalue weighted by atomic mass is 10.1. The van der Waals surface area contributed by atoms with E-state index in [0.29, 0.717) is 0 Å². The Hall–Kier alpha value is -3.01. The highest BCUT2D eigenvalue weighted by atomic mass is 19.1. The summed E-state index contributed by atoms with van der Waals surface area (Å²) in [5, 5.41) is 5.42. The van der Waals surface area contributed by atoms with Crippen molar-refractivity contribution in [2.45, 2.75) is 0 Å². The first-order valence-electron chi connectivity index (χ1n) is 7.22. The Morgan fingerprint density at radius 1 is 0.783 bits per heavy atom. The quantitative estimate of drug-likeness (QED) is 0.511. The third-order valence-electron chi connectivity index (χ3n) is 3.76. The number of hydrogen-bond acceptors (Lipinski definition) is 1. The first-order valence-corrected chi connectivity index (χ1v) is 7.22. The van der Waals surface area contributed by atoms with Crippen molar-refractivity contribution < 1.29 is 8.78 Å². The Morgan fingerprint density at radius 2 is 1.52 bits per heavy atom. The molecule has 0 N–H and O–H groups in total. The van der Waals surface area contributed by atoms with Gasteiger partial charge in [0.25, 0.3) is 0 Å². The van der Waals surface area contributed by atoms with Crippen molar-refractivity contribution in [3.05, 3.63) is 84.4 Å². The maximum absolute atomic E-state index is 14.3. The van der Waals surface area contributed by atoms with Gasteiger partial charge >= 0.3 is 0 Å². The maximum Gasteiger partial charge on any atom is 0.151 e. The number of fused-ring (bicyclic) bond motifs is 1. The number of halogens is 2. The van der Waals surface area contributed by atoms with E-state index in [2.05, 4.69) is 5.10 Å². The summed E-state index contributed by atoms with van der Waals surface area (Å²) in [7, 11) is 0. The second kappa shape index (κ2) is 5.32. The van der Waals surface area contributed by atoms with Gasteiger partial charge in [0.2, 0.25) is 0 Å². The number of nitrogens with zero attached hydrogens (tertiary/aromatic N) is 2. The summed E-state index contributed by atoms with van der Waals surface area (Å²) >= 11 is 0. The molecule has 4 heteroatoms. The van der Waals surface area contributed by atoms with Crippen LogP contribution < -0.4 is 0 Å². The molecule has 0 saturated heterocycles. The van der Waals surface area contributed by atoms with Crippen LogP contribution >= 0.6 is 0 Å². The highest BCUT2D eigenvalue weighted by molar-refractivity contribution is 5.94. The summed E-state index contributed by atoms with van der Waals surface area (Å²) in [5.74, 6) is -1.25. The van der Waals surface area contributed by atoms with Crippen molar-refractivity contribution in [1.82, 2.24) is 9.78 Å². The highest BCUT2D eigenvalue weighted by Gasteiger charge is 2.16. The largest absolute Gasteiger partial charge is 0.229 e. The Kier molecular flexibility index (Phi) is 3.15. The molecule has 1 aromatic heterocycles. The van der Waals surface area contributed by atoms with Gasteiger partial charge in [0.15, 0.2) is 5.82 Å². The highest BCUT2D eigenvalue weighted by Crippen LogP contribution is 2.31. The maximum atomic E-state index is 14.3. The summed E-state index contributed by atoms with van der Waals surface area (Å²) in [6, 6.07) is 20.8. The van der Waals surface area contributed by atoms with Gasteiger partial charge in [-0.05, 0) is 18.2 Å². The molecule has 0 aliphatic rings. The molecule has 0 bridgehead atoms. The van der Waals surface area contributed by atoms with Crippen LogP contribution in [0.4, 0.5) is 8.78 Å². The van der Waals surface area contributed by atoms with Gasteiger partial charge < -0.3 is 0 Å². The molecule has 0 amide bonds. The van der Waals surface area contributed by atoms with Crippen molar-refractivity contribution in [1.29, 1.82) is 0 Å². The summed E-state index contributed by atoms with van der Waals surface area (Å²) in [6.07, 6.45) is 0. The van der Waals surface area contributed by atoms with Gasteiger partial charge in [-0.1, -0.05) is 48.5 Å². The minimum Gasteiger partial charge on any atom is -0.229 e. The number of benzene rings is 3. The average molecular weight is 306 g/mol. The molecule has 0 atom stereocenters. The Balaban J connectivity index is 2.07. The van der Waals surface area contributed by atoms with E-state index in [9.17, 15) is 8.78 Å². The van der Waals surface area contributed by atoms with Crippen molar-refractivity contribution in [2.75, 3.05) is 0 Å². The molecule has 0 aliphatic heterocycles. The summed E-state index contributed by atoms with van der Waals surface area (Å²) in [5.41, 5.74) is 2.69. The summed E-state index contributed by atoms with van der Waals surface area (Å²) in [4.78, 5) is 0. The lowest BCUT2D eigenvalue weighted by molar-refractivity contribution is 0.574. The average Bonchev–Trinajstić information content (AvgIpc) is 2.94. The van der Waals surface area contributed by atoms with E-state index in [0.717, 1.165) is 28.2 Å². The van der Waals surface area contributed by atoms with E-state index in [1.807, 2.05) is 54.6 Å². The van der Waals surface area contributed by atoms with Crippen molar-refractivity contribution in [2.24, 2.45) is 0 Å². The van der Waals surface area contributed by atoms with E-state index in [-0.39, 0.29) is 5.69 Å².